The molecule has 2 rings (SSSR count). The maximum absolute atomic E-state index is 11.7. The van der Waals surface area contributed by atoms with Gasteiger partial charge in [0.05, 0.1) is 0 Å². The average Bonchev–Trinajstić information content (AvgIpc) is 2.33. The minimum atomic E-state index is -0.0791. The summed E-state index contributed by atoms with van der Waals surface area (Å²) in [6.45, 7) is 0. The number of halogens is 1. The Bertz CT molecular complexity index is 583. The van der Waals surface area contributed by atoms with Gasteiger partial charge in [0, 0.05) is 30.2 Å². The number of aromatic nitrogens is 2. The molecule has 0 amide bonds. The van der Waals surface area contributed by atoms with Crippen molar-refractivity contribution in [3.8, 4) is 0 Å². The molecule has 17 heavy (non-hydrogen) atoms. The Hall–Kier alpha value is -1.26. The molecule has 88 valence electrons. The molecule has 3 nitrogen and oxygen atoms in total. The number of hydrogen-bond acceptors (Lipinski definition) is 3. The summed E-state index contributed by atoms with van der Waals surface area (Å²) in [6, 6.07) is 7.60. The van der Waals surface area contributed by atoms with Gasteiger partial charge in [-0.15, -0.1) is 0 Å². The molecular weight excluding hydrogens is 256 g/mol. The van der Waals surface area contributed by atoms with Gasteiger partial charge in [0.2, 0.25) is 0 Å². The summed E-state index contributed by atoms with van der Waals surface area (Å²) in [7, 11) is 1.71. The highest BCUT2D eigenvalue weighted by Gasteiger charge is 2.05. The number of hydrogen-bond donors (Lipinski definition) is 0. The van der Waals surface area contributed by atoms with E-state index in [9.17, 15) is 4.79 Å². The van der Waals surface area contributed by atoms with Crippen molar-refractivity contribution in [3.63, 3.8) is 0 Å². The lowest BCUT2D eigenvalue weighted by Crippen LogP contribution is -2.18. The lowest BCUT2D eigenvalue weighted by molar-refractivity contribution is 0.794. The van der Waals surface area contributed by atoms with E-state index in [1.807, 2.05) is 24.3 Å². The fourth-order valence-corrected chi connectivity index (χ4v) is 2.56. The van der Waals surface area contributed by atoms with Crippen molar-refractivity contribution in [2.24, 2.45) is 7.05 Å². The van der Waals surface area contributed by atoms with E-state index in [4.69, 9.17) is 11.6 Å². The number of benzene rings is 1. The SMILES string of the molecule is Cn1ccnc(SCc2ccccc2Cl)c1=O. The van der Waals surface area contributed by atoms with Crippen LogP contribution in [0, 0.1) is 0 Å². The minimum Gasteiger partial charge on any atom is -0.315 e. The largest absolute Gasteiger partial charge is 0.315 e. The zero-order valence-corrected chi connectivity index (χ0v) is 10.8. The molecule has 0 atom stereocenters. The molecule has 0 aliphatic heterocycles. The van der Waals surface area contributed by atoms with Gasteiger partial charge < -0.3 is 4.57 Å². The van der Waals surface area contributed by atoms with Gasteiger partial charge in [-0.1, -0.05) is 41.6 Å². The molecule has 0 unspecified atom stereocenters. The third-order valence-electron chi connectivity index (χ3n) is 2.31. The highest BCUT2D eigenvalue weighted by Crippen LogP contribution is 2.23. The van der Waals surface area contributed by atoms with Crippen LogP contribution in [0.25, 0.3) is 0 Å². The molecule has 0 aliphatic carbocycles. The number of aryl methyl sites for hydroxylation is 1. The van der Waals surface area contributed by atoms with Crippen molar-refractivity contribution < 1.29 is 0 Å². The summed E-state index contributed by atoms with van der Waals surface area (Å²) in [5.74, 6) is 0.645. The molecule has 0 N–H and O–H groups in total. The van der Waals surface area contributed by atoms with Crippen molar-refractivity contribution in [2.45, 2.75) is 10.8 Å². The van der Waals surface area contributed by atoms with Gasteiger partial charge >= 0.3 is 0 Å². The van der Waals surface area contributed by atoms with E-state index < -0.39 is 0 Å². The van der Waals surface area contributed by atoms with Crippen LogP contribution in [0.3, 0.4) is 0 Å². The molecule has 0 bridgehead atoms. The molecule has 0 spiro atoms. The molecule has 0 saturated heterocycles. The Labute approximate surface area is 108 Å². The summed E-state index contributed by atoms with van der Waals surface area (Å²) < 4.78 is 1.52. The summed E-state index contributed by atoms with van der Waals surface area (Å²) in [4.78, 5) is 15.8. The molecule has 0 radical (unpaired) electrons. The van der Waals surface area contributed by atoms with E-state index in [2.05, 4.69) is 4.98 Å². The van der Waals surface area contributed by atoms with Crippen molar-refractivity contribution in [3.05, 3.63) is 57.6 Å². The van der Waals surface area contributed by atoms with Crippen LogP contribution in [-0.2, 0) is 12.8 Å². The van der Waals surface area contributed by atoms with E-state index >= 15 is 0 Å². The van der Waals surface area contributed by atoms with Crippen LogP contribution >= 0.6 is 23.4 Å². The van der Waals surface area contributed by atoms with Crippen molar-refractivity contribution in [1.82, 2.24) is 9.55 Å². The van der Waals surface area contributed by atoms with E-state index in [0.717, 1.165) is 5.56 Å². The van der Waals surface area contributed by atoms with E-state index in [1.165, 1.54) is 16.3 Å². The third-order valence-corrected chi connectivity index (χ3v) is 3.69. The zero-order valence-electron chi connectivity index (χ0n) is 9.26. The Morgan fingerprint density at radius 1 is 1.41 bits per heavy atom. The molecule has 1 heterocycles. The van der Waals surface area contributed by atoms with Gasteiger partial charge in [-0.2, -0.15) is 0 Å². The molecule has 1 aromatic heterocycles. The first kappa shape index (κ1) is 12.2. The van der Waals surface area contributed by atoms with Crippen molar-refractivity contribution in [2.75, 3.05) is 0 Å². The fraction of sp³-hybridized carbons (Fsp3) is 0.167. The predicted molar refractivity (Wildman–Crippen MR) is 70.5 cm³/mol. The van der Waals surface area contributed by atoms with Crippen LogP contribution in [-0.4, -0.2) is 9.55 Å². The second-order valence-electron chi connectivity index (χ2n) is 3.53. The number of rotatable bonds is 3. The highest BCUT2D eigenvalue weighted by molar-refractivity contribution is 7.98. The Morgan fingerprint density at radius 3 is 2.94 bits per heavy atom. The summed E-state index contributed by atoms with van der Waals surface area (Å²) in [5.41, 5.74) is 0.927. The molecule has 1 aromatic carbocycles. The zero-order chi connectivity index (χ0) is 12.3. The summed E-state index contributed by atoms with van der Waals surface area (Å²) in [6.07, 6.45) is 3.26. The first-order valence-corrected chi connectivity index (χ1v) is 6.42. The Balaban J connectivity index is 2.16. The third kappa shape index (κ3) is 2.90. The van der Waals surface area contributed by atoms with Crippen LogP contribution in [0.2, 0.25) is 5.02 Å². The highest BCUT2D eigenvalue weighted by atomic mass is 35.5. The van der Waals surface area contributed by atoms with E-state index in [-0.39, 0.29) is 5.56 Å². The van der Waals surface area contributed by atoms with Gasteiger partial charge in [-0.3, -0.25) is 4.79 Å². The van der Waals surface area contributed by atoms with Crippen LogP contribution in [0.4, 0.5) is 0 Å². The second-order valence-corrected chi connectivity index (χ2v) is 4.90. The van der Waals surface area contributed by atoms with Gasteiger partial charge in [-0.05, 0) is 11.6 Å². The van der Waals surface area contributed by atoms with Crippen molar-refractivity contribution >= 4 is 23.4 Å². The molecular formula is C12H11ClN2OS. The van der Waals surface area contributed by atoms with E-state index in [0.29, 0.717) is 15.8 Å². The smallest absolute Gasteiger partial charge is 0.282 e. The van der Waals surface area contributed by atoms with E-state index in [1.54, 1.807) is 19.4 Å². The standard InChI is InChI=1S/C12H11ClN2OS/c1-15-7-6-14-11(12(15)16)17-8-9-4-2-3-5-10(9)13/h2-7H,8H2,1H3. The Morgan fingerprint density at radius 2 is 2.18 bits per heavy atom. The minimum absolute atomic E-state index is 0.0791. The van der Waals surface area contributed by atoms with Crippen LogP contribution in [0.1, 0.15) is 5.56 Å². The predicted octanol–water partition coefficient (Wildman–Crippen LogP) is 2.73. The lowest BCUT2D eigenvalue weighted by Gasteiger charge is -2.04. The first-order chi connectivity index (χ1) is 8.18. The van der Waals surface area contributed by atoms with Gasteiger partial charge in [0.25, 0.3) is 5.56 Å². The van der Waals surface area contributed by atoms with Crippen LogP contribution in [0.5, 0.6) is 0 Å². The lowest BCUT2D eigenvalue weighted by atomic mass is 10.2. The molecule has 0 saturated carbocycles. The molecule has 0 fully saturated rings. The van der Waals surface area contributed by atoms with Gasteiger partial charge in [-0.25, -0.2) is 4.98 Å². The molecule has 2 aromatic rings. The molecule has 5 heteroatoms. The Kier molecular flexibility index (Phi) is 3.86. The van der Waals surface area contributed by atoms with Crippen molar-refractivity contribution in [1.29, 1.82) is 0 Å². The topological polar surface area (TPSA) is 34.9 Å². The monoisotopic (exact) mass is 266 g/mol. The second kappa shape index (κ2) is 5.38. The molecule has 0 aliphatic rings. The normalized spacial score (nSPS) is 10.5. The number of nitrogens with zero attached hydrogens (tertiary/aromatic N) is 2. The summed E-state index contributed by atoms with van der Waals surface area (Å²) >= 11 is 7.44. The fourth-order valence-electron chi connectivity index (χ4n) is 1.34. The van der Waals surface area contributed by atoms with Gasteiger partial charge in [0.15, 0.2) is 5.03 Å². The average molecular weight is 267 g/mol. The van der Waals surface area contributed by atoms with Crippen LogP contribution < -0.4 is 5.56 Å². The van der Waals surface area contributed by atoms with Gasteiger partial charge in [0.1, 0.15) is 0 Å². The quantitative estimate of drug-likeness (QED) is 0.802. The maximum atomic E-state index is 11.7. The number of thioether (sulfide) groups is 1. The van der Waals surface area contributed by atoms with Crippen LogP contribution in [0.15, 0.2) is 46.5 Å². The first-order valence-electron chi connectivity index (χ1n) is 5.06. The maximum Gasteiger partial charge on any atom is 0.282 e. The summed E-state index contributed by atoms with van der Waals surface area (Å²) in [5, 5.41) is 1.21.